The zero-order valence-corrected chi connectivity index (χ0v) is 7.49. The van der Waals surface area contributed by atoms with Crippen LogP contribution in [-0.4, -0.2) is 5.97 Å². The van der Waals surface area contributed by atoms with E-state index < -0.39 is 5.97 Å². The van der Waals surface area contributed by atoms with Crippen LogP contribution in [0.5, 0.6) is 0 Å². The van der Waals surface area contributed by atoms with Crippen molar-refractivity contribution in [3.63, 3.8) is 0 Å². The quantitative estimate of drug-likeness (QED) is 0.708. The third kappa shape index (κ3) is 3.25. The number of hydrogen-bond donors (Lipinski definition) is 1. The Balaban J connectivity index is 2.40. The van der Waals surface area contributed by atoms with Gasteiger partial charge in [0, 0.05) is 0 Å². The maximum atomic E-state index is 10.9. The SMILES string of the molecule is C[C](N)C(=O)OCc1ccccc1. The largest absolute Gasteiger partial charge is 0.459 e. The molecule has 2 N–H and O–H groups in total. The highest BCUT2D eigenvalue weighted by Gasteiger charge is 2.09. The summed E-state index contributed by atoms with van der Waals surface area (Å²) in [4.78, 5) is 10.9. The standard InChI is InChI=1S/C10H12NO2/c1-8(11)10(12)13-7-9-5-3-2-4-6-9/h2-6H,7,11H2,1H3. The monoisotopic (exact) mass is 178 g/mol. The molecule has 0 spiro atoms. The zero-order valence-electron chi connectivity index (χ0n) is 7.49. The molecule has 0 atom stereocenters. The van der Waals surface area contributed by atoms with Crippen LogP contribution in [0.1, 0.15) is 12.5 Å². The molecule has 0 fully saturated rings. The number of nitrogens with two attached hydrogens (primary N) is 1. The first kappa shape index (κ1) is 9.74. The summed E-state index contributed by atoms with van der Waals surface area (Å²) in [6, 6.07) is 9.64. The van der Waals surface area contributed by atoms with E-state index >= 15 is 0 Å². The van der Waals surface area contributed by atoms with Crippen LogP contribution in [0.15, 0.2) is 30.3 Å². The molecule has 1 rings (SSSR count). The van der Waals surface area contributed by atoms with Gasteiger partial charge < -0.3 is 10.5 Å². The maximum Gasteiger partial charge on any atom is 0.328 e. The molecule has 3 heteroatoms. The van der Waals surface area contributed by atoms with E-state index in [2.05, 4.69) is 0 Å². The molecule has 0 unspecified atom stereocenters. The summed E-state index contributed by atoms with van der Waals surface area (Å²) in [5.41, 5.74) is 6.20. The van der Waals surface area contributed by atoms with Gasteiger partial charge in [0.2, 0.25) is 0 Å². The molecular formula is C10H12NO2. The van der Waals surface area contributed by atoms with Crippen LogP contribution in [0.2, 0.25) is 0 Å². The van der Waals surface area contributed by atoms with Gasteiger partial charge in [0.15, 0.2) is 0 Å². The van der Waals surface area contributed by atoms with Crippen LogP contribution in [0.25, 0.3) is 0 Å². The fraction of sp³-hybridized carbons (Fsp3) is 0.200. The van der Waals surface area contributed by atoms with Crippen LogP contribution in [0.3, 0.4) is 0 Å². The summed E-state index contributed by atoms with van der Waals surface area (Å²) in [7, 11) is 0. The predicted octanol–water partition coefficient (Wildman–Crippen LogP) is 1.24. The first-order valence-electron chi connectivity index (χ1n) is 4.00. The number of ether oxygens (including phenoxy) is 1. The fourth-order valence-electron chi connectivity index (χ4n) is 0.837. The molecule has 0 saturated heterocycles. The lowest BCUT2D eigenvalue weighted by Gasteiger charge is -2.05. The molecule has 0 saturated carbocycles. The molecule has 0 aliphatic carbocycles. The average Bonchev–Trinajstić information content (AvgIpc) is 2.15. The molecule has 1 aromatic rings. The molecule has 0 aliphatic heterocycles. The second kappa shape index (κ2) is 4.62. The van der Waals surface area contributed by atoms with E-state index in [1.54, 1.807) is 0 Å². The van der Waals surface area contributed by atoms with E-state index in [0.717, 1.165) is 5.56 Å². The van der Waals surface area contributed by atoms with E-state index in [9.17, 15) is 4.79 Å². The van der Waals surface area contributed by atoms with Gasteiger partial charge in [0.25, 0.3) is 0 Å². The van der Waals surface area contributed by atoms with Gasteiger partial charge in [0.1, 0.15) is 12.6 Å². The Kier molecular flexibility index (Phi) is 3.46. The van der Waals surface area contributed by atoms with Gasteiger partial charge >= 0.3 is 5.97 Å². The lowest BCUT2D eigenvalue weighted by Crippen LogP contribution is -2.20. The minimum absolute atomic E-state index is 0.177. The van der Waals surface area contributed by atoms with Crippen molar-refractivity contribution < 1.29 is 9.53 Å². The van der Waals surface area contributed by atoms with Gasteiger partial charge in [-0.1, -0.05) is 30.3 Å². The lowest BCUT2D eigenvalue weighted by atomic mass is 10.2. The molecule has 0 bridgehead atoms. The Morgan fingerprint density at radius 1 is 1.38 bits per heavy atom. The Morgan fingerprint density at radius 2 is 2.00 bits per heavy atom. The highest BCUT2D eigenvalue weighted by Crippen LogP contribution is 2.02. The Labute approximate surface area is 77.5 Å². The first-order valence-corrected chi connectivity index (χ1v) is 4.00. The van der Waals surface area contributed by atoms with Gasteiger partial charge in [-0.3, -0.25) is 0 Å². The molecule has 3 nitrogen and oxygen atoms in total. The maximum absolute atomic E-state index is 10.9. The number of carbonyl (C=O) groups excluding carboxylic acids is 1. The van der Waals surface area contributed by atoms with Crippen molar-refractivity contribution in [2.24, 2.45) is 5.73 Å². The minimum atomic E-state index is -0.455. The van der Waals surface area contributed by atoms with Crippen molar-refractivity contribution >= 4 is 5.97 Å². The Hall–Kier alpha value is -1.35. The summed E-state index contributed by atoms with van der Waals surface area (Å²) in [6.45, 7) is 1.79. The number of esters is 1. The van der Waals surface area contributed by atoms with Crippen molar-refractivity contribution in [2.75, 3.05) is 0 Å². The molecule has 0 aliphatic rings. The van der Waals surface area contributed by atoms with Crippen molar-refractivity contribution in [2.45, 2.75) is 13.5 Å². The fourth-order valence-corrected chi connectivity index (χ4v) is 0.837. The number of hydrogen-bond acceptors (Lipinski definition) is 3. The highest BCUT2D eigenvalue weighted by molar-refractivity contribution is 5.82. The molecule has 0 aromatic heterocycles. The van der Waals surface area contributed by atoms with Gasteiger partial charge in [0.05, 0.1) is 0 Å². The van der Waals surface area contributed by atoms with E-state index in [-0.39, 0.29) is 12.6 Å². The molecule has 1 aromatic carbocycles. The van der Waals surface area contributed by atoms with Crippen LogP contribution < -0.4 is 5.73 Å². The van der Waals surface area contributed by atoms with Gasteiger partial charge in [-0.2, -0.15) is 0 Å². The average molecular weight is 178 g/mol. The van der Waals surface area contributed by atoms with E-state index in [1.165, 1.54) is 6.92 Å². The second-order valence-electron chi connectivity index (χ2n) is 2.74. The van der Waals surface area contributed by atoms with E-state index in [4.69, 9.17) is 10.5 Å². The third-order valence-corrected chi connectivity index (χ3v) is 1.53. The predicted molar refractivity (Wildman–Crippen MR) is 49.3 cm³/mol. The van der Waals surface area contributed by atoms with Gasteiger partial charge in [-0.05, 0) is 12.5 Å². The zero-order chi connectivity index (χ0) is 9.68. The summed E-state index contributed by atoms with van der Waals surface area (Å²) >= 11 is 0. The molecule has 0 amide bonds. The van der Waals surface area contributed by atoms with Gasteiger partial charge in [-0.15, -0.1) is 0 Å². The van der Waals surface area contributed by atoms with Crippen molar-refractivity contribution in [1.82, 2.24) is 0 Å². The van der Waals surface area contributed by atoms with Crippen molar-refractivity contribution in [3.05, 3.63) is 41.9 Å². The number of carbonyl (C=O) groups is 1. The van der Waals surface area contributed by atoms with Gasteiger partial charge in [-0.25, -0.2) is 4.79 Å². The normalized spacial score (nSPS) is 10.1. The third-order valence-electron chi connectivity index (χ3n) is 1.53. The lowest BCUT2D eigenvalue weighted by molar-refractivity contribution is -0.142. The summed E-state index contributed by atoms with van der Waals surface area (Å²) in [5, 5.41) is 0. The molecular weight excluding hydrogens is 166 g/mol. The smallest absolute Gasteiger partial charge is 0.328 e. The topological polar surface area (TPSA) is 52.3 Å². The number of rotatable bonds is 3. The highest BCUT2D eigenvalue weighted by atomic mass is 16.5. The molecule has 0 heterocycles. The second-order valence-corrected chi connectivity index (χ2v) is 2.74. The van der Waals surface area contributed by atoms with Crippen LogP contribution in [0, 0.1) is 6.04 Å². The van der Waals surface area contributed by atoms with Crippen LogP contribution >= 0.6 is 0 Å². The van der Waals surface area contributed by atoms with E-state index in [1.807, 2.05) is 30.3 Å². The van der Waals surface area contributed by atoms with Crippen LogP contribution in [-0.2, 0) is 16.1 Å². The molecule has 1 radical (unpaired) electrons. The summed E-state index contributed by atoms with van der Waals surface area (Å²) in [6.07, 6.45) is 0. The van der Waals surface area contributed by atoms with Crippen LogP contribution in [0.4, 0.5) is 0 Å². The number of benzene rings is 1. The molecule has 13 heavy (non-hydrogen) atoms. The summed E-state index contributed by atoms with van der Waals surface area (Å²) < 4.78 is 4.89. The Morgan fingerprint density at radius 3 is 2.54 bits per heavy atom. The first-order chi connectivity index (χ1) is 6.20. The van der Waals surface area contributed by atoms with Crippen molar-refractivity contribution in [3.8, 4) is 0 Å². The Bertz CT molecular complexity index is 270. The van der Waals surface area contributed by atoms with Crippen molar-refractivity contribution in [1.29, 1.82) is 0 Å². The minimum Gasteiger partial charge on any atom is -0.459 e. The summed E-state index contributed by atoms with van der Waals surface area (Å²) in [5.74, 6) is -0.455. The molecule has 69 valence electrons. The van der Waals surface area contributed by atoms with E-state index in [0.29, 0.717) is 0 Å².